The van der Waals surface area contributed by atoms with E-state index in [4.69, 9.17) is 0 Å². The lowest BCUT2D eigenvalue weighted by Gasteiger charge is -2.25. The molecule has 2 N–H and O–H groups in total. The Hall–Kier alpha value is -3.19. The molecular formula is C21H24N4O3. The van der Waals surface area contributed by atoms with Crippen molar-refractivity contribution in [1.29, 1.82) is 0 Å². The van der Waals surface area contributed by atoms with Crippen LogP contribution in [0.1, 0.15) is 24.5 Å². The van der Waals surface area contributed by atoms with Gasteiger partial charge in [-0.1, -0.05) is 67.6 Å². The van der Waals surface area contributed by atoms with E-state index in [9.17, 15) is 14.4 Å². The highest BCUT2D eigenvalue weighted by molar-refractivity contribution is 6.08. The third kappa shape index (κ3) is 3.89. The van der Waals surface area contributed by atoms with E-state index in [2.05, 4.69) is 10.7 Å². The summed E-state index contributed by atoms with van der Waals surface area (Å²) in [5, 5.41) is 3.53. The summed E-state index contributed by atoms with van der Waals surface area (Å²) < 4.78 is 0. The van der Waals surface area contributed by atoms with Crippen LogP contribution < -0.4 is 10.7 Å². The lowest BCUT2D eigenvalue weighted by Crippen LogP contribution is -2.50. The maximum atomic E-state index is 13.0. The van der Waals surface area contributed by atoms with Crippen LogP contribution in [0.3, 0.4) is 0 Å². The molecule has 2 aromatic rings. The van der Waals surface area contributed by atoms with Gasteiger partial charge in [0.05, 0.1) is 6.54 Å². The lowest BCUT2D eigenvalue weighted by molar-refractivity contribution is -0.139. The minimum absolute atomic E-state index is 0.0520. The van der Waals surface area contributed by atoms with Crippen molar-refractivity contribution in [2.45, 2.75) is 25.4 Å². The van der Waals surface area contributed by atoms with Gasteiger partial charge in [0, 0.05) is 6.54 Å². The second-order valence-corrected chi connectivity index (χ2v) is 6.89. The molecule has 28 heavy (non-hydrogen) atoms. The molecule has 0 saturated carbocycles. The third-order valence-corrected chi connectivity index (χ3v) is 4.83. The van der Waals surface area contributed by atoms with Crippen molar-refractivity contribution in [2.24, 2.45) is 0 Å². The molecule has 1 aliphatic heterocycles. The summed E-state index contributed by atoms with van der Waals surface area (Å²) in [4.78, 5) is 39.6. The topological polar surface area (TPSA) is 81.8 Å². The maximum absolute atomic E-state index is 13.0. The maximum Gasteiger partial charge on any atom is 0.344 e. The SMILES string of the molecule is CCC1(c2ccccc2)NC(=O)N(NC(=O)CN(C)Cc2ccccc2)C1=O. The van der Waals surface area contributed by atoms with E-state index in [-0.39, 0.29) is 6.54 Å². The number of nitrogens with zero attached hydrogens (tertiary/aromatic N) is 2. The highest BCUT2D eigenvalue weighted by Crippen LogP contribution is 2.31. The van der Waals surface area contributed by atoms with Crippen LogP contribution in [0, 0.1) is 0 Å². The zero-order valence-corrected chi connectivity index (χ0v) is 16.0. The Morgan fingerprint density at radius 2 is 1.68 bits per heavy atom. The molecule has 146 valence electrons. The highest BCUT2D eigenvalue weighted by Gasteiger charge is 2.52. The first-order valence-corrected chi connectivity index (χ1v) is 9.20. The van der Waals surface area contributed by atoms with Gasteiger partial charge >= 0.3 is 6.03 Å². The summed E-state index contributed by atoms with van der Waals surface area (Å²) in [6, 6.07) is 18.2. The molecule has 1 saturated heterocycles. The van der Waals surface area contributed by atoms with Crippen molar-refractivity contribution in [3.05, 3.63) is 71.8 Å². The predicted octanol–water partition coefficient (Wildman–Crippen LogP) is 2.01. The molecule has 1 unspecified atom stereocenters. The first-order valence-electron chi connectivity index (χ1n) is 9.20. The number of nitrogens with one attached hydrogen (secondary N) is 2. The zero-order valence-electron chi connectivity index (χ0n) is 16.0. The first kappa shape index (κ1) is 19.6. The van der Waals surface area contributed by atoms with Crippen molar-refractivity contribution < 1.29 is 14.4 Å². The van der Waals surface area contributed by atoms with Gasteiger partial charge in [0.2, 0.25) is 0 Å². The van der Waals surface area contributed by atoms with Crippen LogP contribution in [-0.4, -0.2) is 41.3 Å². The average molecular weight is 380 g/mol. The number of hydrogen-bond donors (Lipinski definition) is 2. The molecule has 7 heteroatoms. The van der Waals surface area contributed by atoms with Crippen LogP contribution in [0.2, 0.25) is 0 Å². The molecule has 0 spiro atoms. The number of hydrazine groups is 1. The number of imide groups is 1. The Balaban J connectivity index is 1.66. The second-order valence-electron chi connectivity index (χ2n) is 6.89. The first-order chi connectivity index (χ1) is 13.5. The van der Waals surface area contributed by atoms with E-state index in [1.807, 2.05) is 60.4 Å². The van der Waals surface area contributed by atoms with Gasteiger partial charge in [0.25, 0.3) is 11.8 Å². The van der Waals surface area contributed by atoms with Gasteiger partial charge in [-0.05, 0) is 24.6 Å². The fourth-order valence-electron chi connectivity index (χ4n) is 3.39. The number of rotatable bonds is 7. The summed E-state index contributed by atoms with van der Waals surface area (Å²) in [5.74, 6) is -0.910. The molecule has 0 radical (unpaired) electrons. The Kier molecular flexibility index (Phi) is 5.75. The molecule has 2 aromatic carbocycles. The van der Waals surface area contributed by atoms with Gasteiger partial charge < -0.3 is 5.32 Å². The minimum Gasteiger partial charge on any atom is -0.318 e. The minimum atomic E-state index is -1.17. The summed E-state index contributed by atoms with van der Waals surface area (Å²) in [6.45, 7) is 2.46. The smallest absolute Gasteiger partial charge is 0.318 e. The standard InChI is InChI=1S/C21H24N4O3/c1-3-21(17-12-8-5-9-13-17)19(27)25(20(28)22-21)23-18(26)15-24(2)14-16-10-6-4-7-11-16/h4-13H,3,14-15H2,1-2H3,(H,22,28)(H,23,26). The van der Waals surface area contributed by atoms with Crippen LogP contribution >= 0.6 is 0 Å². The van der Waals surface area contributed by atoms with E-state index >= 15 is 0 Å². The van der Waals surface area contributed by atoms with Crippen molar-refractivity contribution in [2.75, 3.05) is 13.6 Å². The van der Waals surface area contributed by atoms with Crippen LogP contribution in [0.4, 0.5) is 4.79 Å². The Bertz CT molecular complexity index is 856. The molecule has 0 aromatic heterocycles. The van der Waals surface area contributed by atoms with E-state index in [0.29, 0.717) is 18.5 Å². The molecule has 3 rings (SSSR count). The number of amides is 4. The van der Waals surface area contributed by atoms with Crippen LogP contribution in [0.5, 0.6) is 0 Å². The number of likely N-dealkylation sites (N-methyl/N-ethyl adjacent to an activating group) is 1. The van der Waals surface area contributed by atoms with Gasteiger partial charge in [-0.15, -0.1) is 0 Å². The van der Waals surface area contributed by atoms with E-state index < -0.39 is 23.4 Å². The fraction of sp³-hybridized carbons (Fsp3) is 0.286. The normalized spacial score (nSPS) is 19.0. The van der Waals surface area contributed by atoms with Gasteiger partial charge in [-0.25, -0.2) is 4.79 Å². The molecule has 1 fully saturated rings. The molecule has 1 heterocycles. The molecule has 0 bridgehead atoms. The fourth-order valence-corrected chi connectivity index (χ4v) is 3.39. The molecule has 1 aliphatic rings. The second kappa shape index (κ2) is 8.22. The van der Waals surface area contributed by atoms with Gasteiger partial charge in [0.1, 0.15) is 5.54 Å². The molecule has 4 amide bonds. The Labute approximate surface area is 164 Å². The highest BCUT2D eigenvalue weighted by atomic mass is 16.2. The summed E-state index contributed by atoms with van der Waals surface area (Å²) in [6.07, 6.45) is 0.377. The molecule has 7 nitrogen and oxygen atoms in total. The largest absolute Gasteiger partial charge is 0.344 e. The summed E-state index contributed by atoms with van der Waals surface area (Å²) in [7, 11) is 1.80. The van der Waals surface area contributed by atoms with E-state index in [1.54, 1.807) is 19.2 Å². The third-order valence-electron chi connectivity index (χ3n) is 4.83. The van der Waals surface area contributed by atoms with Gasteiger partial charge in [0.15, 0.2) is 0 Å². The van der Waals surface area contributed by atoms with Crippen LogP contribution in [-0.2, 0) is 21.7 Å². The van der Waals surface area contributed by atoms with Crippen LogP contribution in [0.15, 0.2) is 60.7 Å². The number of hydrogen-bond acceptors (Lipinski definition) is 4. The van der Waals surface area contributed by atoms with E-state index in [0.717, 1.165) is 10.6 Å². The quantitative estimate of drug-likeness (QED) is 0.720. The summed E-state index contributed by atoms with van der Waals surface area (Å²) >= 11 is 0. The summed E-state index contributed by atoms with van der Waals surface area (Å²) in [5.41, 5.74) is 3.04. The monoisotopic (exact) mass is 380 g/mol. The van der Waals surface area contributed by atoms with Gasteiger partial charge in [-0.3, -0.25) is 19.9 Å². The average Bonchev–Trinajstić information content (AvgIpc) is 2.94. The molecule has 1 atom stereocenters. The lowest BCUT2D eigenvalue weighted by atomic mass is 9.87. The number of benzene rings is 2. The van der Waals surface area contributed by atoms with Crippen molar-refractivity contribution in [3.8, 4) is 0 Å². The van der Waals surface area contributed by atoms with Gasteiger partial charge in [-0.2, -0.15) is 5.01 Å². The molecule has 0 aliphatic carbocycles. The Morgan fingerprint density at radius 3 is 2.29 bits per heavy atom. The van der Waals surface area contributed by atoms with Crippen molar-refractivity contribution in [1.82, 2.24) is 20.7 Å². The Morgan fingerprint density at radius 1 is 1.07 bits per heavy atom. The number of urea groups is 1. The van der Waals surface area contributed by atoms with Crippen LogP contribution in [0.25, 0.3) is 0 Å². The predicted molar refractivity (Wildman–Crippen MR) is 105 cm³/mol. The number of carbonyl (C=O) groups is 3. The molecular weight excluding hydrogens is 356 g/mol. The van der Waals surface area contributed by atoms with Crippen molar-refractivity contribution in [3.63, 3.8) is 0 Å². The van der Waals surface area contributed by atoms with Crippen molar-refractivity contribution >= 4 is 17.8 Å². The zero-order chi connectivity index (χ0) is 20.1. The van der Waals surface area contributed by atoms with E-state index in [1.165, 1.54) is 0 Å². The number of carbonyl (C=O) groups excluding carboxylic acids is 3.